The third-order valence-electron chi connectivity index (χ3n) is 2.60. The lowest BCUT2D eigenvalue weighted by atomic mass is 10.1. The second kappa shape index (κ2) is 8.74. The van der Waals surface area contributed by atoms with Crippen LogP contribution in [0.5, 0.6) is 0 Å². The van der Waals surface area contributed by atoms with Crippen molar-refractivity contribution in [2.75, 3.05) is 7.05 Å². The molecule has 3 nitrogen and oxygen atoms in total. The van der Waals surface area contributed by atoms with Gasteiger partial charge in [-0.25, -0.2) is 0 Å². The van der Waals surface area contributed by atoms with Crippen LogP contribution in [0.3, 0.4) is 0 Å². The average Bonchev–Trinajstić information content (AvgIpc) is 2.76. The van der Waals surface area contributed by atoms with Crippen molar-refractivity contribution in [3.8, 4) is 0 Å². The number of guanidine groups is 1. The highest BCUT2D eigenvalue weighted by atomic mass is 127. The number of thiophene rings is 1. The van der Waals surface area contributed by atoms with E-state index in [-0.39, 0.29) is 24.0 Å². The maximum absolute atomic E-state index is 4.21. The van der Waals surface area contributed by atoms with Gasteiger partial charge in [-0.2, -0.15) is 0 Å². The fraction of sp³-hybridized carbons (Fsp3) is 0.583. The molecule has 98 valence electrons. The van der Waals surface area contributed by atoms with E-state index in [4.69, 9.17) is 0 Å². The van der Waals surface area contributed by atoms with Crippen LogP contribution in [-0.4, -0.2) is 19.0 Å². The zero-order chi connectivity index (χ0) is 12.0. The van der Waals surface area contributed by atoms with Crippen molar-refractivity contribution < 1.29 is 0 Å². The molecular weight excluding hydrogens is 345 g/mol. The maximum atomic E-state index is 4.21. The van der Waals surface area contributed by atoms with Gasteiger partial charge in [0, 0.05) is 18.0 Å². The van der Waals surface area contributed by atoms with Gasteiger partial charge < -0.3 is 10.6 Å². The summed E-state index contributed by atoms with van der Waals surface area (Å²) in [7, 11) is 1.80. The minimum atomic E-state index is 0. The highest BCUT2D eigenvalue weighted by Crippen LogP contribution is 2.07. The van der Waals surface area contributed by atoms with E-state index in [1.165, 1.54) is 4.88 Å². The third-order valence-corrected chi connectivity index (χ3v) is 3.47. The number of halogens is 1. The molecule has 1 rings (SSSR count). The lowest BCUT2D eigenvalue weighted by molar-refractivity contribution is 0.481. The van der Waals surface area contributed by atoms with Crippen LogP contribution < -0.4 is 10.6 Å². The van der Waals surface area contributed by atoms with Crippen LogP contribution in [0.4, 0.5) is 0 Å². The summed E-state index contributed by atoms with van der Waals surface area (Å²) in [5, 5.41) is 8.77. The van der Waals surface area contributed by atoms with Gasteiger partial charge in [0.2, 0.25) is 0 Å². The van der Waals surface area contributed by atoms with Gasteiger partial charge >= 0.3 is 0 Å². The number of hydrogen-bond donors (Lipinski definition) is 2. The monoisotopic (exact) mass is 367 g/mol. The number of aliphatic imine (C=N–C) groups is 1. The summed E-state index contributed by atoms with van der Waals surface area (Å²) in [6, 6.07) is 4.61. The van der Waals surface area contributed by atoms with Crippen LogP contribution in [0.2, 0.25) is 0 Å². The van der Waals surface area contributed by atoms with Crippen molar-refractivity contribution in [3.63, 3.8) is 0 Å². The SMILES string of the molecule is CN=C(NCc1cccs1)NC(C)C(C)C.I. The Balaban J connectivity index is 0.00000256. The molecule has 0 amide bonds. The van der Waals surface area contributed by atoms with Crippen LogP contribution in [0.15, 0.2) is 22.5 Å². The van der Waals surface area contributed by atoms with Crippen molar-refractivity contribution in [2.45, 2.75) is 33.4 Å². The Morgan fingerprint density at radius 2 is 2.12 bits per heavy atom. The van der Waals surface area contributed by atoms with Crippen molar-refractivity contribution >= 4 is 41.3 Å². The Morgan fingerprint density at radius 1 is 1.41 bits per heavy atom. The van der Waals surface area contributed by atoms with Gasteiger partial charge in [0.05, 0.1) is 6.54 Å². The zero-order valence-corrected chi connectivity index (χ0v) is 14.0. The van der Waals surface area contributed by atoms with Crippen LogP contribution in [0, 0.1) is 5.92 Å². The van der Waals surface area contributed by atoms with Crippen molar-refractivity contribution in [1.29, 1.82) is 0 Å². The Hall–Kier alpha value is -0.300. The van der Waals surface area contributed by atoms with E-state index in [2.05, 4.69) is 53.9 Å². The predicted octanol–water partition coefficient (Wildman–Crippen LogP) is 3.08. The molecular formula is C12H22IN3S. The lowest BCUT2D eigenvalue weighted by Crippen LogP contribution is -2.43. The van der Waals surface area contributed by atoms with Crippen molar-refractivity contribution in [2.24, 2.45) is 10.9 Å². The molecule has 1 heterocycles. The van der Waals surface area contributed by atoms with Gasteiger partial charge in [0.1, 0.15) is 0 Å². The highest BCUT2D eigenvalue weighted by molar-refractivity contribution is 14.0. The summed E-state index contributed by atoms with van der Waals surface area (Å²) >= 11 is 1.76. The highest BCUT2D eigenvalue weighted by Gasteiger charge is 2.08. The Morgan fingerprint density at radius 3 is 2.59 bits per heavy atom. The molecule has 0 aliphatic heterocycles. The Bertz CT molecular complexity index is 323. The van der Waals surface area contributed by atoms with E-state index in [1.54, 1.807) is 18.4 Å². The first kappa shape index (κ1) is 16.7. The van der Waals surface area contributed by atoms with Crippen molar-refractivity contribution in [1.82, 2.24) is 10.6 Å². The number of rotatable bonds is 4. The van der Waals surface area contributed by atoms with Gasteiger partial charge in [-0.3, -0.25) is 4.99 Å². The summed E-state index contributed by atoms with van der Waals surface area (Å²) in [6.45, 7) is 7.40. The second-order valence-electron chi connectivity index (χ2n) is 4.18. The molecule has 1 aromatic rings. The number of nitrogens with zero attached hydrogens (tertiary/aromatic N) is 1. The molecule has 2 N–H and O–H groups in total. The summed E-state index contributed by atoms with van der Waals surface area (Å²) in [6.07, 6.45) is 0. The first-order valence-electron chi connectivity index (χ1n) is 5.63. The van der Waals surface area contributed by atoms with Gasteiger partial charge in [0.15, 0.2) is 5.96 Å². The van der Waals surface area contributed by atoms with Gasteiger partial charge in [-0.05, 0) is 24.3 Å². The zero-order valence-electron chi connectivity index (χ0n) is 10.9. The number of hydrogen-bond acceptors (Lipinski definition) is 2. The molecule has 0 radical (unpaired) electrons. The van der Waals surface area contributed by atoms with Gasteiger partial charge in [0.25, 0.3) is 0 Å². The van der Waals surface area contributed by atoms with Crippen LogP contribution in [-0.2, 0) is 6.54 Å². The standard InChI is InChI=1S/C12H21N3S.HI/c1-9(2)10(3)15-12(13-4)14-8-11-6-5-7-16-11;/h5-7,9-10H,8H2,1-4H3,(H2,13,14,15);1H. The molecule has 0 fully saturated rings. The molecule has 0 saturated carbocycles. The maximum Gasteiger partial charge on any atom is 0.191 e. The van der Waals surface area contributed by atoms with Crippen LogP contribution >= 0.6 is 35.3 Å². The second-order valence-corrected chi connectivity index (χ2v) is 5.21. The normalized spacial score (nSPS) is 13.1. The molecule has 1 atom stereocenters. The summed E-state index contributed by atoms with van der Waals surface area (Å²) in [5.74, 6) is 1.47. The largest absolute Gasteiger partial charge is 0.354 e. The lowest BCUT2D eigenvalue weighted by Gasteiger charge is -2.20. The fourth-order valence-electron chi connectivity index (χ4n) is 1.16. The quantitative estimate of drug-likeness (QED) is 0.488. The Kier molecular flexibility index (Phi) is 8.59. The first-order valence-corrected chi connectivity index (χ1v) is 6.51. The summed E-state index contributed by atoms with van der Waals surface area (Å²) in [4.78, 5) is 5.53. The molecule has 1 unspecified atom stereocenters. The smallest absolute Gasteiger partial charge is 0.191 e. The third kappa shape index (κ3) is 6.26. The summed E-state index contributed by atoms with van der Waals surface area (Å²) in [5.41, 5.74) is 0. The van der Waals surface area contributed by atoms with Gasteiger partial charge in [-0.15, -0.1) is 35.3 Å². The van der Waals surface area contributed by atoms with E-state index in [9.17, 15) is 0 Å². The van der Waals surface area contributed by atoms with Gasteiger partial charge in [-0.1, -0.05) is 19.9 Å². The molecule has 5 heteroatoms. The molecule has 0 aliphatic rings. The molecule has 0 bridgehead atoms. The predicted molar refractivity (Wildman–Crippen MR) is 87.4 cm³/mol. The molecule has 0 aliphatic carbocycles. The van der Waals surface area contributed by atoms with Crippen LogP contribution in [0.1, 0.15) is 25.6 Å². The average molecular weight is 367 g/mol. The first-order chi connectivity index (χ1) is 7.63. The van der Waals surface area contributed by atoms with E-state index < -0.39 is 0 Å². The molecule has 0 saturated heterocycles. The molecule has 0 spiro atoms. The summed E-state index contributed by atoms with van der Waals surface area (Å²) < 4.78 is 0. The molecule has 17 heavy (non-hydrogen) atoms. The van der Waals surface area contributed by atoms with E-state index in [0.717, 1.165) is 12.5 Å². The van der Waals surface area contributed by atoms with Crippen molar-refractivity contribution in [3.05, 3.63) is 22.4 Å². The topological polar surface area (TPSA) is 36.4 Å². The van der Waals surface area contributed by atoms with E-state index in [0.29, 0.717) is 12.0 Å². The molecule has 0 aromatic carbocycles. The minimum Gasteiger partial charge on any atom is -0.354 e. The van der Waals surface area contributed by atoms with Crippen LogP contribution in [0.25, 0.3) is 0 Å². The Labute approximate surface area is 125 Å². The van der Waals surface area contributed by atoms with E-state index >= 15 is 0 Å². The fourth-order valence-corrected chi connectivity index (χ4v) is 1.81. The minimum absolute atomic E-state index is 0. The number of nitrogens with one attached hydrogen (secondary N) is 2. The van der Waals surface area contributed by atoms with E-state index in [1.807, 2.05) is 0 Å². The molecule has 1 aromatic heterocycles.